The third kappa shape index (κ3) is 1.41. The molecular weight excluding hydrogens is 120 g/mol. The minimum atomic E-state index is -0.696. The predicted octanol–water partition coefficient (Wildman–Crippen LogP) is -0.483. The van der Waals surface area contributed by atoms with Gasteiger partial charge in [-0.3, -0.25) is 0 Å². The Labute approximate surface area is 54.3 Å². The topological polar surface area (TPSA) is 49.7 Å². The van der Waals surface area contributed by atoms with Crippen molar-refractivity contribution in [3.8, 4) is 0 Å². The van der Waals surface area contributed by atoms with Crippen molar-refractivity contribution >= 4 is 0 Å². The van der Waals surface area contributed by atoms with E-state index in [0.717, 1.165) is 0 Å². The van der Waals surface area contributed by atoms with Gasteiger partial charge >= 0.3 is 0 Å². The lowest BCUT2D eigenvalue weighted by molar-refractivity contribution is -0.127. The Morgan fingerprint density at radius 2 is 2.11 bits per heavy atom. The zero-order valence-corrected chi connectivity index (χ0v) is 5.45. The molecule has 0 spiro atoms. The Bertz CT molecular complexity index is 84.3. The average molecular weight is 132 g/mol. The molecule has 1 aliphatic rings. The number of rotatable bonds is 0. The van der Waals surface area contributed by atoms with E-state index in [4.69, 9.17) is 14.9 Å². The molecule has 0 bridgehead atoms. The second kappa shape index (κ2) is 2.64. The molecular formula is C6H12O3. The fourth-order valence-electron chi connectivity index (χ4n) is 0.957. The lowest BCUT2D eigenvalue weighted by Crippen LogP contribution is -2.42. The lowest BCUT2D eigenvalue weighted by atomic mass is 10.0. The van der Waals surface area contributed by atoms with Crippen LogP contribution in [0.3, 0.4) is 0 Å². The maximum absolute atomic E-state index is 9.07. The number of aliphatic hydroxyl groups excluding tert-OH is 2. The summed E-state index contributed by atoms with van der Waals surface area (Å²) in [5.41, 5.74) is 0. The molecule has 0 radical (unpaired) electrons. The van der Waals surface area contributed by atoms with Crippen molar-refractivity contribution in [3.63, 3.8) is 0 Å². The van der Waals surface area contributed by atoms with Gasteiger partial charge in [0.25, 0.3) is 0 Å². The zero-order chi connectivity index (χ0) is 6.85. The Balaban J connectivity index is 2.41. The Hall–Kier alpha value is -0.120. The molecule has 0 saturated carbocycles. The summed E-state index contributed by atoms with van der Waals surface area (Å²) in [5, 5.41) is 18.1. The standard InChI is InChI=1S/C6H12O3/c1-4-6(8)5(7)2-3-9-4/h4-8H,2-3H2,1H3/t4-,5?,6?/m0/s1. The monoisotopic (exact) mass is 132 g/mol. The van der Waals surface area contributed by atoms with Gasteiger partial charge < -0.3 is 14.9 Å². The highest BCUT2D eigenvalue weighted by Crippen LogP contribution is 2.13. The summed E-state index contributed by atoms with van der Waals surface area (Å²) in [4.78, 5) is 0. The summed E-state index contributed by atoms with van der Waals surface area (Å²) in [6.45, 7) is 2.31. The van der Waals surface area contributed by atoms with Gasteiger partial charge in [0, 0.05) is 6.61 Å². The van der Waals surface area contributed by atoms with Crippen molar-refractivity contribution in [2.45, 2.75) is 31.7 Å². The first-order chi connectivity index (χ1) is 4.22. The average Bonchev–Trinajstić information content (AvgIpc) is 1.83. The van der Waals surface area contributed by atoms with Gasteiger partial charge in [-0.25, -0.2) is 0 Å². The van der Waals surface area contributed by atoms with Gasteiger partial charge in [-0.15, -0.1) is 0 Å². The molecule has 0 amide bonds. The van der Waals surface area contributed by atoms with Crippen molar-refractivity contribution in [1.82, 2.24) is 0 Å². The highest BCUT2D eigenvalue weighted by atomic mass is 16.5. The van der Waals surface area contributed by atoms with Gasteiger partial charge in [0.15, 0.2) is 0 Å². The summed E-state index contributed by atoms with van der Waals surface area (Å²) in [7, 11) is 0. The minimum absolute atomic E-state index is 0.214. The van der Waals surface area contributed by atoms with Gasteiger partial charge in [0.05, 0.1) is 12.2 Å². The van der Waals surface area contributed by atoms with E-state index in [1.807, 2.05) is 0 Å². The number of hydrogen-bond acceptors (Lipinski definition) is 3. The molecule has 2 unspecified atom stereocenters. The Morgan fingerprint density at radius 1 is 1.44 bits per heavy atom. The van der Waals surface area contributed by atoms with E-state index in [1.165, 1.54) is 0 Å². The van der Waals surface area contributed by atoms with Crippen LogP contribution in [0.25, 0.3) is 0 Å². The highest BCUT2D eigenvalue weighted by molar-refractivity contribution is 4.77. The molecule has 9 heavy (non-hydrogen) atoms. The molecule has 1 aliphatic heterocycles. The van der Waals surface area contributed by atoms with Crippen LogP contribution < -0.4 is 0 Å². The van der Waals surface area contributed by atoms with E-state index in [2.05, 4.69) is 0 Å². The molecule has 3 nitrogen and oxygen atoms in total. The van der Waals surface area contributed by atoms with Gasteiger partial charge in [0.2, 0.25) is 0 Å². The van der Waals surface area contributed by atoms with Gasteiger partial charge in [0.1, 0.15) is 6.10 Å². The molecule has 0 aromatic heterocycles. The molecule has 1 heterocycles. The van der Waals surface area contributed by atoms with E-state index in [0.29, 0.717) is 13.0 Å². The quantitative estimate of drug-likeness (QED) is 0.468. The zero-order valence-electron chi connectivity index (χ0n) is 5.45. The Morgan fingerprint density at radius 3 is 2.56 bits per heavy atom. The van der Waals surface area contributed by atoms with E-state index >= 15 is 0 Å². The van der Waals surface area contributed by atoms with Crippen molar-refractivity contribution < 1.29 is 14.9 Å². The maximum Gasteiger partial charge on any atom is 0.106 e. The molecule has 1 rings (SSSR count). The van der Waals surface area contributed by atoms with Gasteiger partial charge in [-0.1, -0.05) is 0 Å². The van der Waals surface area contributed by atoms with E-state index in [1.54, 1.807) is 6.92 Å². The van der Waals surface area contributed by atoms with Crippen LogP contribution >= 0.6 is 0 Å². The molecule has 3 atom stereocenters. The molecule has 0 aliphatic carbocycles. The first-order valence-electron chi connectivity index (χ1n) is 3.19. The van der Waals surface area contributed by atoms with Gasteiger partial charge in [-0.05, 0) is 13.3 Å². The smallest absolute Gasteiger partial charge is 0.106 e. The highest BCUT2D eigenvalue weighted by Gasteiger charge is 2.27. The molecule has 0 aromatic carbocycles. The fraction of sp³-hybridized carbons (Fsp3) is 1.00. The van der Waals surface area contributed by atoms with Crippen LogP contribution in [-0.4, -0.2) is 35.1 Å². The minimum Gasteiger partial charge on any atom is -0.390 e. The summed E-state index contributed by atoms with van der Waals surface area (Å²) in [6, 6.07) is 0. The Kier molecular flexibility index (Phi) is 2.05. The molecule has 1 saturated heterocycles. The van der Waals surface area contributed by atoms with Crippen LogP contribution in [0, 0.1) is 0 Å². The first-order valence-corrected chi connectivity index (χ1v) is 3.19. The summed E-state index contributed by atoms with van der Waals surface area (Å²) in [5.74, 6) is 0. The van der Waals surface area contributed by atoms with Crippen LogP contribution in [0.2, 0.25) is 0 Å². The largest absolute Gasteiger partial charge is 0.390 e. The summed E-state index contributed by atoms with van der Waals surface area (Å²) < 4.78 is 5.05. The number of ether oxygens (including phenoxy) is 1. The SMILES string of the molecule is C[C@@H]1OCCC(O)C1O. The summed E-state index contributed by atoms with van der Waals surface area (Å²) in [6.07, 6.45) is -0.952. The van der Waals surface area contributed by atoms with E-state index < -0.39 is 12.2 Å². The third-order valence-electron chi connectivity index (χ3n) is 1.67. The lowest BCUT2D eigenvalue weighted by Gasteiger charge is -2.29. The molecule has 1 fully saturated rings. The van der Waals surface area contributed by atoms with Crippen LogP contribution in [-0.2, 0) is 4.74 Å². The summed E-state index contributed by atoms with van der Waals surface area (Å²) >= 11 is 0. The molecule has 2 N–H and O–H groups in total. The van der Waals surface area contributed by atoms with Gasteiger partial charge in [-0.2, -0.15) is 0 Å². The normalized spacial score (nSPS) is 45.0. The maximum atomic E-state index is 9.07. The van der Waals surface area contributed by atoms with Crippen molar-refractivity contribution in [3.05, 3.63) is 0 Å². The van der Waals surface area contributed by atoms with E-state index in [9.17, 15) is 0 Å². The molecule has 0 aromatic rings. The number of aliphatic hydroxyl groups is 2. The molecule has 54 valence electrons. The van der Waals surface area contributed by atoms with Crippen molar-refractivity contribution in [2.75, 3.05) is 6.61 Å². The number of hydrogen-bond donors (Lipinski definition) is 2. The predicted molar refractivity (Wildman–Crippen MR) is 32.0 cm³/mol. The second-order valence-electron chi connectivity index (χ2n) is 2.42. The fourth-order valence-corrected chi connectivity index (χ4v) is 0.957. The van der Waals surface area contributed by atoms with Crippen molar-refractivity contribution in [2.24, 2.45) is 0 Å². The van der Waals surface area contributed by atoms with Crippen LogP contribution in [0.15, 0.2) is 0 Å². The first kappa shape index (κ1) is 6.99. The van der Waals surface area contributed by atoms with Crippen LogP contribution in [0.5, 0.6) is 0 Å². The van der Waals surface area contributed by atoms with E-state index in [-0.39, 0.29) is 6.10 Å². The van der Waals surface area contributed by atoms with Crippen LogP contribution in [0.4, 0.5) is 0 Å². The molecule has 3 heteroatoms. The van der Waals surface area contributed by atoms with Crippen LogP contribution in [0.1, 0.15) is 13.3 Å². The second-order valence-corrected chi connectivity index (χ2v) is 2.42. The third-order valence-corrected chi connectivity index (χ3v) is 1.67. The van der Waals surface area contributed by atoms with Crippen molar-refractivity contribution in [1.29, 1.82) is 0 Å².